The van der Waals surface area contributed by atoms with Crippen molar-refractivity contribution >= 4 is 68.0 Å². The van der Waals surface area contributed by atoms with Crippen LogP contribution in [0.3, 0.4) is 0 Å². The molecule has 0 bridgehead atoms. The van der Waals surface area contributed by atoms with E-state index >= 15 is 0 Å². The topological polar surface area (TPSA) is 64.6 Å². The zero-order valence-electron chi connectivity index (χ0n) is 24.0. The maximum Gasteiger partial charge on any atom is 0.264 e. The van der Waals surface area contributed by atoms with Crippen LogP contribution in [0.15, 0.2) is 78.9 Å². The summed E-state index contributed by atoms with van der Waals surface area (Å²) in [7, 11) is -3.67. The number of aryl methyl sites for hydroxylation is 1. The molecular formula is C32H38ClINO4PS. The van der Waals surface area contributed by atoms with Crippen molar-refractivity contribution in [1.82, 2.24) is 0 Å². The third kappa shape index (κ3) is 10.2. The zero-order chi connectivity index (χ0) is 30.0. The summed E-state index contributed by atoms with van der Waals surface area (Å²) in [6, 6.07) is 21.8. The highest BCUT2D eigenvalue weighted by molar-refractivity contribution is 14.2. The molecule has 1 N–H and O–H groups in total. The summed E-state index contributed by atoms with van der Waals surface area (Å²) in [6.07, 6.45) is 9.90. The summed E-state index contributed by atoms with van der Waals surface area (Å²) in [5.74, 6) is 0. The van der Waals surface area contributed by atoms with Crippen molar-refractivity contribution in [2.45, 2.75) is 58.3 Å². The van der Waals surface area contributed by atoms with Crippen LogP contribution in [0.25, 0.3) is 12.2 Å². The smallest absolute Gasteiger partial charge is 0.264 e. The van der Waals surface area contributed by atoms with E-state index in [0.717, 1.165) is 39.8 Å². The number of anilines is 1. The molecule has 0 radical (unpaired) electrons. The van der Waals surface area contributed by atoms with Crippen molar-refractivity contribution in [3.8, 4) is 0 Å². The normalized spacial score (nSPS) is 15.8. The molecule has 3 unspecified atom stereocenters. The number of benzene rings is 3. The molecule has 0 spiro atoms. The van der Waals surface area contributed by atoms with Gasteiger partial charge in [-0.15, -0.1) is 0 Å². The Labute approximate surface area is 265 Å². The predicted octanol–water partition coefficient (Wildman–Crippen LogP) is 9.73. The lowest BCUT2D eigenvalue weighted by atomic mass is 9.90. The van der Waals surface area contributed by atoms with Crippen LogP contribution in [0, 0.1) is 0 Å². The minimum absolute atomic E-state index is 0.00733. The van der Waals surface area contributed by atoms with Gasteiger partial charge in [0.2, 0.25) is 0 Å². The molecule has 5 nitrogen and oxygen atoms in total. The second kappa shape index (κ2) is 15.6. The highest BCUT2D eigenvalue weighted by Gasteiger charge is 2.25. The lowest BCUT2D eigenvalue weighted by molar-refractivity contribution is 0.136. The molecule has 0 amide bonds. The number of rotatable bonds is 11. The van der Waals surface area contributed by atoms with E-state index in [1.54, 1.807) is 0 Å². The Balaban J connectivity index is 0.00000226. The highest BCUT2D eigenvalue weighted by atomic mass is 127. The molecule has 1 heterocycles. The molecule has 3 atom stereocenters. The van der Waals surface area contributed by atoms with Crippen molar-refractivity contribution in [2.24, 2.45) is 0 Å². The molecule has 0 saturated carbocycles. The zero-order valence-corrected chi connectivity index (χ0v) is 28.8. The molecule has 0 aromatic heterocycles. The molecule has 4 rings (SSSR count). The summed E-state index contributed by atoms with van der Waals surface area (Å²) < 4.78 is 36.0. The molecule has 3 aromatic carbocycles. The van der Waals surface area contributed by atoms with E-state index in [2.05, 4.69) is 71.6 Å². The average molecular weight is 726 g/mol. The Morgan fingerprint density at radius 1 is 1.10 bits per heavy atom. The molecule has 220 valence electrons. The van der Waals surface area contributed by atoms with E-state index in [1.165, 1.54) is 0 Å². The number of nitrogens with one attached hydrogen (secondary N) is 1. The monoisotopic (exact) mass is 725 g/mol. The van der Waals surface area contributed by atoms with E-state index in [9.17, 15) is 8.42 Å². The van der Waals surface area contributed by atoms with Crippen LogP contribution in [0.5, 0.6) is 0 Å². The summed E-state index contributed by atoms with van der Waals surface area (Å²) >= 11 is 8.39. The first kappa shape index (κ1) is 33.8. The Hall–Kier alpha value is -1.74. The van der Waals surface area contributed by atoms with E-state index in [0.29, 0.717) is 24.3 Å². The number of halogens is 2. The van der Waals surface area contributed by atoms with Gasteiger partial charge in [-0.25, -0.2) is 0 Å². The Morgan fingerprint density at radius 3 is 2.59 bits per heavy atom. The summed E-state index contributed by atoms with van der Waals surface area (Å²) in [6.45, 7) is 8.45. The minimum atomic E-state index is -3.67. The van der Waals surface area contributed by atoms with Crippen LogP contribution < -0.4 is 5.32 Å². The van der Waals surface area contributed by atoms with Crippen LogP contribution >= 0.6 is 40.1 Å². The maximum atomic E-state index is 12.2. The lowest BCUT2D eigenvalue weighted by Crippen LogP contribution is -2.20. The Kier molecular flexibility index (Phi) is 12.9. The van der Waals surface area contributed by atoms with Gasteiger partial charge in [-0.3, -0.25) is 4.18 Å². The third-order valence-electron chi connectivity index (χ3n) is 6.53. The molecule has 41 heavy (non-hydrogen) atoms. The molecule has 0 fully saturated rings. The van der Waals surface area contributed by atoms with E-state index in [-0.39, 0.29) is 6.04 Å². The van der Waals surface area contributed by atoms with Gasteiger partial charge in [0, 0.05) is 10.7 Å². The van der Waals surface area contributed by atoms with Gasteiger partial charge in [0.05, 0.1) is 24.3 Å². The summed E-state index contributed by atoms with van der Waals surface area (Å²) in [5.41, 5.74) is 5.63. The lowest BCUT2D eigenvalue weighted by Gasteiger charge is -2.27. The van der Waals surface area contributed by atoms with Crippen LogP contribution in [0.2, 0.25) is 5.02 Å². The highest BCUT2D eigenvalue weighted by Crippen LogP contribution is 2.38. The molecule has 0 aliphatic carbocycles. The quantitative estimate of drug-likeness (QED) is 0.121. The Morgan fingerprint density at radius 2 is 1.85 bits per heavy atom. The molecule has 9 heteroatoms. The van der Waals surface area contributed by atoms with Crippen molar-refractivity contribution in [2.75, 3.05) is 11.6 Å². The van der Waals surface area contributed by atoms with Gasteiger partial charge in [-0.05, 0) is 94.7 Å². The van der Waals surface area contributed by atoms with E-state index < -0.39 is 21.8 Å². The molecular weight excluding hydrogens is 688 g/mol. The average Bonchev–Trinajstić information content (AvgIpc) is 2.94. The second-order valence-corrected chi connectivity index (χ2v) is 13.7. The number of hydrogen-bond acceptors (Lipinski definition) is 5. The van der Waals surface area contributed by atoms with E-state index in [1.807, 2.05) is 74.5 Å². The second-order valence-electron chi connectivity index (χ2n) is 9.96. The van der Waals surface area contributed by atoms with Gasteiger partial charge in [-0.1, -0.05) is 98.3 Å². The number of fused-ring (bicyclic) bond motifs is 1. The number of hydrogen-bond donors (Lipinski definition) is 1. The fourth-order valence-electron chi connectivity index (χ4n) is 4.67. The first-order valence-corrected chi connectivity index (χ1v) is 19.8. The predicted molar refractivity (Wildman–Crippen MR) is 185 cm³/mol. The summed E-state index contributed by atoms with van der Waals surface area (Å²) in [5, 5.41) is 4.16. The molecule has 0 saturated heterocycles. The van der Waals surface area contributed by atoms with Crippen molar-refractivity contribution in [3.63, 3.8) is 0 Å². The maximum absolute atomic E-state index is 12.2. The standard InChI is InChI=1S/C30H32ClINO4PS.C2H6/c1-30(2,37-38-32)27-10-5-4-8-22(27)14-18-29(36-39(3,34)35)24-9-6-7-21(19-24)11-16-26-17-13-23-12-15-25(31)20-28(23)33-26;1-2/h4-13,15-17,19-20,26,29,33,38H,14,18H2,1-3H3;1-2H3/b16-11+;. The molecule has 1 aliphatic heterocycles. The van der Waals surface area contributed by atoms with Crippen molar-refractivity contribution in [3.05, 3.63) is 112 Å². The van der Waals surface area contributed by atoms with Crippen LogP contribution in [-0.4, -0.2) is 20.7 Å². The van der Waals surface area contributed by atoms with Gasteiger partial charge in [0.1, 0.15) is 6.10 Å². The van der Waals surface area contributed by atoms with E-state index in [4.69, 9.17) is 20.3 Å². The van der Waals surface area contributed by atoms with Crippen LogP contribution in [0.4, 0.5) is 5.69 Å². The van der Waals surface area contributed by atoms with Gasteiger partial charge >= 0.3 is 0 Å². The fourth-order valence-corrected chi connectivity index (χ4v) is 7.42. The van der Waals surface area contributed by atoms with Crippen LogP contribution in [-0.2, 0) is 30.8 Å². The SMILES string of the molecule is CC.CC(C)(OPI)c1ccccc1CCC(OS(C)(=O)=O)c1cccc(/C=C/C2C=Cc3ccc(Cl)cc3N2)c1. The van der Waals surface area contributed by atoms with Crippen molar-refractivity contribution in [1.29, 1.82) is 0 Å². The van der Waals surface area contributed by atoms with Crippen molar-refractivity contribution < 1.29 is 17.1 Å². The first-order valence-electron chi connectivity index (χ1n) is 13.6. The van der Waals surface area contributed by atoms with Gasteiger partial charge in [0.25, 0.3) is 10.1 Å². The first-order chi connectivity index (χ1) is 19.5. The van der Waals surface area contributed by atoms with Gasteiger partial charge in [0.15, 0.2) is 0 Å². The molecule has 3 aromatic rings. The summed E-state index contributed by atoms with van der Waals surface area (Å²) in [4.78, 5) is 0. The fraction of sp³-hybridized carbons (Fsp3) is 0.312. The minimum Gasteiger partial charge on any atom is -0.375 e. The van der Waals surface area contributed by atoms with Crippen LogP contribution in [0.1, 0.15) is 68.0 Å². The third-order valence-corrected chi connectivity index (χ3v) is 8.59. The van der Waals surface area contributed by atoms with Gasteiger partial charge < -0.3 is 9.84 Å². The largest absolute Gasteiger partial charge is 0.375 e. The van der Waals surface area contributed by atoms with Gasteiger partial charge in [-0.2, -0.15) is 8.42 Å². The molecule has 1 aliphatic rings. The Bertz CT molecular complexity index is 1480.